The van der Waals surface area contributed by atoms with Gasteiger partial charge in [0.05, 0.1) is 12.7 Å². The number of carbonyl (C=O) groups is 3. The molecule has 0 aliphatic heterocycles. The van der Waals surface area contributed by atoms with Crippen molar-refractivity contribution in [2.75, 3.05) is 19.0 Å². The van der Waals surface area contributed by atoms with E-state index in [1.165, 1.54) is 18.4 Å². The molecule has 0 unspecified atom stereocenters. The van der Waals surface area contributed by atoms with E-state index in [0.29, 0.717) is 23.5 Å². The predicted molar refractivity (Wildman–Crippen MR) is 104 cm³/mol. The van der Waals surface area contributed by atoms with Gasteiger partial charge >= 0.3 is 17.8 Å². The molecule has 0 fully saturated rings. The third-order valence-corrected chi connectivity index (χ3v) is 5.74. The van der Waals surface area contributed by atoms with Gasteiger partial charge in [-0.3, -0.25) is 9.59 Å². The van der Waals surface area contributed by atoms with Crippen LogP contribution >= 0.6 is 11.3 Å². The summed E-state index contributed by atoms with van der Waals surface area (Å²) in [7, 11) is 1.32. The van der Waals surface area contributed by atoms with Crippen LogP contribution in [0.15, 0.2) is 30.3 Å². The first-order valence-corrected chi connectivity index (χ1v) is 9.77. The Kier molecular flexibility index (Phi) is 6.24. The van der Waals surface area contributed by atoms with Gasteiger partial charge in [0.25, 0.3) is 0 Å². The normalized spacial score (nSPS) is 12.8. The lowest BCUT2D eigenvalue weighted by atomic mass is 9.95. The van der Waals surface area contributed by atoms with E-state index in [0.717, 1.165) is 41.7 Å². The number of carbonyl (C=O) groups excluding carboxylic acids is 3. The van der Waals surface area contributed by atoms with Crippen molar-refractivity contribution in [2.45, 2.75) is 32.1 Å². The molecule has 27 heavy (non-hydrogen) atoms. The molecule has 1 aliphatic carbocycles. The van der Waals surface area contributed by atoms with Crippen molar-refractivity contribution in [1.82, 2.24) is 5.32 Å². The van der Waals surface area contributed by atoms with E-state index in [9.17, 15) is 14.4 Å². The Balaban J connectivity index is 1.64. The highest BCUT2D eigenvalue weighted by Crippen LogP contribution is 2.38. The quantitative estimate of drug-likeness (QED) is 0.611. The molecule has 0 saturated heterocycles. The van der Waals surface area contributed by atoms with Gasteiger partial charge in [0.2, 0.25) is 0 Å². The van der Waals surface area contributed by atoms with Crippen molar-refractivity contribution in [3.05, 3.63) is 51.9 Å². The molecule has 142 valence electrons. The standard InChI is InChI=1S/C20H22N2O4S/c1-26-20(25)16-14-9-5-6-10-15(14)27-19(16)22-18(24)17(23)21-12-11-13-7-3-2-4-8-13/h2-4,7-8H,5-6,9-12H2,1H3,(H,21,23)(H,22,24). The van der Waals surface area contributed by atoms with Crippen LogP contribution in [0.5, 0.6) is 0 Å². The Morgan fingerprint density at radius 3 is 2.56 bits per heavy atom. The topological polar surface area (TPSA) is 84.5 Å². The van der Waals surface area contributed by atoms with Gasteiger partial charge in [-0.25, -0.2) is 4.79 Å². The van der Waals surface area contributed by atoms with Crippen LogP contribution < -0.4 is 10.6 Å². The molecule has 0 saturated carbocycles. The Morgan fingerprint density at radius 1 is 1.07 bits per heavy atom. The lowest BCUT2D eigenvalue weighted by molar-refractivity contribution is -0.136. The summed E-state index contributed by atoms with van der Waals surface area (Å²) in [6, 6.07) is 9.71. The summed E-state index contributed by atoms with van der Waals surface area (Å²) in [4.78, 5) is 37.6. The number of benzene rings is 1. The second kappa shape index (κ2) is 8.81. The number of fused-ring (bicyclic) bond motifs is 1. The van der Waals surface area contributed by atoms with Crippen LogP contribution in [0.25, 0.3) is 0 Å². The summed E-state index contributed by atoms with van der Waals surface area (Å²) in [5, 5.41) is 5.61. The molecule has 6 nitrogen and oxygen atoms in total. The van der Waals surface area contributed by atoms with Crippen LogP contribution in [0, 0.1) is 0 Å². The van der Waals surface area contributed by atoms with E-state index < -0.39 is 17.8 Å². The Bertz CT molecular complexity index is 845. The van der Waals surface area contributed by atoms with Gasteiger partial charge in [-0.05, 0) is 43.2 Å². The van der Waals surface area contributed by atoms with Crippen molar-refractivity contribution in [3.8, 4) is 0 Å². The molecule has 3 rings (SSSR count). The van der Waals surface area contributed by atoms with Crippen molar-refractivity contribution >= 4 is 34.1 Å². The number of aryl methyl sites for hydroxylation is 1. The van der Waals surface area contributed by atoms with E-state index in [2.05, 4.69) is 10.6 Å². The number of amides is 2. The minimum absolute atomic E-state index is 0.362. The molecule has 1 aromatic heterocycles. The summed E-state index contributed by atoms with van der Waals surface area (Å²) >= 11 is 1.36. The lowest BCUT2D eigenvalue weighted by Crippen LogP contribution is -2.36. The van der Waals surface area contributed by atoms with Gasteiger partial charge in [0.1, 0.15) is 5.00 Å². The number of rotatable bonds is 5. The maximum atomic E-state index is 12.3. The van der Waals surface area contributed by atoms with Crippen LogP contribution in [-0.4, -0.2) is 31.4 Å². The van der Waals surface area contributed by atoms with E-state index in [1.54, 1.807) is 0 Å². The number of nitrogens with one attached hydrogen (secondary N) is 2. The monoisotopic (exact) mass is 386 g/mol. The first kappa shape index (κ1) is 19.1. The molecule has 1 heterocycles. The Morgan fingerprint density at radius 2 is 1.81 bits per heavy atom. The second-order valence-corrected chi connectivity index (χ2v) is 7.46. The zero-order valence-corrected chi connectivity index (χ0v) is 16.0. The molecule has 0 radical (unpaired) electrons. The summed E-state index contributed by atoms with van der Waals surface area (Å²) in [5.74, 6) is -1.96. The predicted octanol–water partition coefficient (Wildman–Crippen LogP) is 2.71. The number of thiophene rings is 1. The molecule has 2 amide bonds. The number of methoxy groups -OCH3 is 1. The molecule has 0 spiro atoms. The van der Waals surface area contributed by atoms with Gasteiger partial charge in [-0.2, -0.15) is 0 Å². The third-order valence-electron chi connectivity index (χ3n) is 4.54. The number of anilines is 1. The average molecular weight is 386 g/mol. The van der Waals surface area contributed by atoms with Crippen molar-refractivity contribution < 1.29 is 19.1 Å². The van der Waals surface area contributed by atoms with Gasteiger partial charge < -0.3 is 15.4 Å². The molecule has 2 aromatic rings. The van der Waals surface area contributed by atoms with Crippen molar-refractivity contribution in [2.24, 2.45) is 0 Å². The van der Waals surface area contributed by atoms with E-state index >= 15 is 0 Å². The van der Waals surface area contributed by atoms with Crippen LogP contribution in [-0.2, 0) is 33.6 Å². The zero-order chi connectivity index (χ0) is 19.2. The molecule has 2 N–H and O–H groups in total. The van der Waals surface area contributed by atoms with Gasteiger partial charge in [-0.15, -0.1) is 11.3 Å². The van der Waals surface area contributed by atoms with Crippen LogP contribution in [0.3, 0.4) is 0 Å². The van der Waals surface area contributed by atoms with Crippen LogP contribution in [0.4, 0.5) is 5.00 Å². The molecule has 1 aromatic carbocycles. The fourth-order valence-electron chi connectivity index (χ4n) is 3.18. The summed E-state index contributed by atoms with van der Waals surface area (Å²) in [6.45, 7) is 0.362. The zero-order valence-electron chi connectivity index (χ0n) is 15.2. The smallest absolute Gasteiger partial charge is 0.341 e. The van der Waals surface area contributed by atoms with Crippen LogP contribution in [0.1, 0.15) is 39.2 Å². The number of hydrogen-bond acceptors (Lipinski definition) is 5. The SMILES string of the molecule is COC(=O)c1c(NC(=O)C(=O)NCCc2ccccc2)sc2c1CCCC2. The largest absolute Gasteiger partial charge is 0.465 e. The summed E-state index contributed by atoms with van der Waals surface area (Å²) in [6.07, 6.45) is 4.36. The first-order chi connectivity index (χ1) is 13.1. The van der Waals surface area contributed by atoms with E-state index in [-0.39, 0.29) is 0 Å². The lowest BCUT2D eigenvalue weighted by Gasteiger charge is -2.11. The Hall–Kier alpha value is -2.67. The second-order valence-electron chi connectivity index (χ2n) is 6.35. The third kappa shape index (κ3) is 4.54. The van der Waals surface area contributed by atoms with E-state index in [4.69, 9.17) is 4.74 Å². The first-order valence-electron chi connectivity index (χ1n) is 8.96. The maximum Gasteiger partial charge on any atom is 0.341 e. The van der Waals surface area contributed by atoms with Crippen molar-refractivity contribution in [3.63, 3.8) is 0 Å². The van der Waals surface area contributed by atoms with Crippen molar-refractivity contribution in [1.29, 1.82) is 0 Å². The minimum atomic E-state index is -0.771. The summed E-state index contributed by atoms with van der Waals surface area (Å²) < 4.78 is 4.87. The van der Waals surface area contributed by atoms with Gasteiger partial charge in [-0.1, -0.05) is 30.3 Å². The fourth-order valence-corrected chi connectivity index (χ4v) is 4.45. The van der Waals surface area contributed by atoms with Crippen LogP contribution in [0.2, 0.25) is 0 Å². The minimum Gasteiger partial charge on any atom is -0.465 e. The molecule has 0 bridgehead atoms. The summed E-state index contributed by atoms with van der Waals surface area (Å²) in [5.41, 5.74) is 2.41. The highest BCUT2D eigenvalue weighted by Gasteiger charge is 2.28. The van der Waals surface area contributed by atoms with E-state index in [1.807, 2.05) is 30.3 Å². The molecular weight excluding hydrogens is 364 g/mol. The maximum absolute atomic E-state index is 12.3. The molecule has 1 aliphatic rings. The van der Waals surface area contributed by atoms with Gasteiger partial charge in [0, 0.05) is 11.4 Å². The highest BCUT2D eigenvalue weighted by molar-refractivity contribution is 7.17. The highest BCUT2D eigenvalue weighted by atomic mass is 32.1. The average Bonchev–Trinajstić information content (AvgIpc) is 3.05. The number of hydrogen-bond donors (Lipinski definition) is 2. The molecular formula is C20H22N2O4S. The van der Waals surface area contributed by atoms with Gasteiger partial charge in [0.15, 0.2) is 0 Å². The Labute approximate surface area is 161 Å². The molecule has 7 heteroatoms. The fraction of sp³-hybridized carbons (Fsp3) is 0.350. The number of ether oxygens (including phenoxy) is 1. The number of esters is 1. The molecule has 0 atom stereocenters.